The summed E-state index contributed by atoms with van der Waals surface area (Å²) in [7, 11) is 6.05. The van der Waals surface area contributed by atoms with Gasteiger partial charge in [-0.2, -0.15) is 0 Å². The van der Waals surface area contributed by atoms with Crippen molar-refractivity contribution in [1.82, 2.24) is 0 Å². The number of rotatable bonds is 15. The number of fused-ring (bicyclic) bond motifs is 1. The van der Waals surface area contributed by atoms with Crippen LogP contribution < -0.4 is 23.7 Å². The molecule has 2 aromatic carbocycles. The molecule has 0 radical (unpaired) electrons. The van der Waals surface area contributed by atoms with Crippen LogP contribution in [0.25, 0.3) is 6.08 Å². The Hall–Kier alpha value is -3.89. The summed E-state index contributed by atoms with van der Waals surface area (Å²) in [5.74, 6) is 0.993. The molecule has 1 fully saturated rings. The van der Waals surface area contributed by atoms with E-state index in [0.29, 0.717) is 45.4 Å². The lowest BCUT2D eigenvalue weighted by Gasteiger charge is -2.39. The van der Waals surface area contributed by atoms with E-state index in [-0.39, 0.29) is 31.8 Å². The predicted molar refractivity (Wildman–Crippen MR) is 166 cm³/mol. The first-order valence-corrected chi connectivity index (χ1v) is 14.8. The van der Waals surface area contributed by atoms with Gasteiger partial charge in [-0.05, 0) is 29.8 Å². The number of benzene rings is 2. The Morgan fingerprint density at radius 2 is 1.60 bits per heavy atom. The second kappa shape index (κ2) is 16.3. The van der Waals surface area contributed by atoms with Crippen LogP contribution in [0, 0.1) is 0 Å². The van der Waals surface area contributed by atoms with Gasteiger partial charge in [-0.15, -0.1) is 0 Å². The Kier molecular flexibility index (Phi) is 12.5. The second-order valence-corrected chi connectivity index (χ2v) is 10.9. The number of ether oxygens (including phenoxy) is 8. The molecule has 5 N–H and O–H groups in total. The molecule has 4 rings (SSSR count). The van der Waals surface area contributed by atoms with Crippen molar-refractivity contribution in [3.05, 3.63) is 59.2 Å². The number of hydrogen-bond acceptors (Lipinski definition) is 14. The van der Waals surface area contributed by atoms with Crippen LogP contribution in [0.5, 0.6) is 28.7 Å². The molecule has 2 aliphatic heterocycles. The van der Waals surface area contributed by atoms with Crippen LogP contribution in [0.2, 0.25) is 0 Å². The van der Waals surface area contributed by atoms with Gasteiger partial charge in [0.15, 0.2) is 29.3 Å². The monoisotopic (exact) mass is 662 g/mol. The second-order valence-electron chi connectivity index (χ2n) is 10.9. The SMILES string of the molecule is C=C(CCO)C(=O)OC[C@@H]1O[C@H](OCC=Cc2cc(OC)c3c(c2)[C@H](CO)[C@H](c2cc(OC)c(OC)c(OC)c2)O3)[C@H](O)[C@H](O)[C@H]1O. The molecule has 258 valence electrons. The van der Waals surface area contributed by atoms with Crippen molar-refractivity contribution in [2.24, 2.45) is 0 Å². The topological polar surface area (TPSA) is 192 Å². The summed E-state index contributed by atoms with van der Waals surface area (Å²) in [6.45, 7) is 2.49. The summed E-state index contributed by atoms with van der Waals surface area (Å²) >= 11 is 0. The van der Waals surface area contributed by atoms with Crippen molar-refractivity contribution in [2.75, 3.05) is 54.9 Å². The minimum absolute atomic E-state index is 0.0177. The van der Waals surface area contributed by atoms with Crippen molar-refractivity contribution in [2.45, 2.75) is 49.1 Å². The maximum atomic E-state index is 12.0. The quantitative estimate of drug-likeness (QED) is 0.135. The standard InChI is InChI=1S/C33H42O14/c1-17(8-9-34)32(39)45-16-25-26(36)27(37)28(38)33(46-25)44-10-6-7-18-11-20-21(15-35)29(47-30(20)22(12-18)40-2)19-13-23(41-3)31(43-5)24(14-19)42-4/h6-7,11-14,21,25-29,33-38H,1,8-10,15-16H2,2-5H3/t21-,25-,26-,27+,28+,29-,33-/m0/s1. The first-order chi connectivity index (χ1) is 22.6. The van der Waals surface area contributed by atoms with Gasteiger partial charge in [-0.1, -0.05) is 18.7 Å². The lowest BCUT2D eigenvalue weighted by Crippen LogP contribution is -2.59. The van der Waals surface area contributed by atoms with Gasteiger partial charge in [0, 0.05) is 29.7 Å². The summed E-state index contributed by atoms with van der Waals surface area (Å²) in [5.41, 5.74) is 2.15. The minimum atomic E-state index is -1.63. The van der Waals surface area contributed by atoms with Crippen LogP contribution in [-0.2, 0) is 19.0 Å². The summed E-state index contributed by atoms with van der Waals surface area (Å²) in [4.78, 5) is 12.0. The molecule has 0 spiro atoms. The van der Waals surface area contributed by atoms with Crippen LogP contribution in [-0.4, -0.2) is 117 Å². The van der Waals surface area contributed by atoms with Gasteiger partial charge < -0.3 is 63.4 Å². The molecule has 0 bridgehead atoms. The predicted octanol–water partition coefficient (Wildman–Crippen LogP) is 1.25. The molecular weight excluding hydrogens is 620 g/mol. The summed E-state index contributed by atoms with van der Waals surface area (Å²) in [5, 5.41) is 50.5. The average Bonchev–Trinajstić information content (AvgIpc) is 3.46. The normalized spacial score (nSPS) is 25.2. The average molecular weight is 663 g/mol. The highest BCUT2D eigenvalue weighted by molar-refractivity contribution is 5.87. The van der Waals surface area contributed by atoms with E-state index in [9.17, 15) is 25.2 Å². The third-order valence-corrected chi connectivity index (χ3v) is 7.96. The third kappa shape index (κ3) is 7.81. The molecule has 2 aliphatic rings. The molecule has 7 atom stereocenters. The van der Waals surface area contributed by atoms with E-state index in [4.69, 9.17) is 43.0 Å². The molecule has 0 amide bonds. The molecule has 14 heteroatoms. The number of esters is 1. The van der Waals surface area contributed by atoms with E-state index in [1.807, 2.05) is 6.07 Å². The highest BCUT2D eigenvalue weighted by Crippen LogP contribution is 2.52. The fraction of sp³-hybridized carbons (Fsp3) is 0.485. The van der Waals surface area contributed by atoms with Crippen LogP contribution in [0.4, 0.5) is 0 Å². The molecule has 2 heterocycles. The van der Waals surface area contributed by atoms with Crippen molar-refractivity contribution in [1.29, 1.82) is 0 Å². The van der Waals surface area contributed by atoms with Gasteiger partial charge in [-0.3, -0.25) is 0 Å². The van der Waals surface area contributed by atoms with E-state index in [1.165, 1.54) is 28.4 Å². The fourth-order valence-corrected chi connectivity index (χ4v) is 5.45. The smallest absolute Gasteiger partial charge is 0.333 e. The van der Waals surface area contributed by atoms with E-state index >= 15 is 0 Å². The number of methoxy groups -OCH3 is 4. The van der Waals surface area contributed by atoms with E-state index in [1.54, 1.807) is 30.4 Å². The summed E-state index contributed by atoms with van der Waals surface area (Å²) < 4.78 is 44.7. The lowest BCUT2D eigenvalue weighted by molar-refractivity contribution is -0.299. The Labute approximate surface area is 272 Å². The van der Waals surface area contributed by atoms with Crippen molar-refractivity contribution in [3.8, 4) is 28.7 Å². The maximum Gasteiger partial charge on any atom is 0.333 e. The Morgan fingerprint density at radius 1 is 0.915 bits per heavy atom. The first kappa shape index (κ1) is 36.0. The minimum Gasteiger partial charge on any atom is -0.493 e. The van der Waals surface area contributed by atoms with Crippen LogP contribution in [0.1, 0.15) is 35.1 Å². The van der Waals surface area contributed by atoms with Crippen LogP contribution in [0.15, 0.2) is 42.5 Å². The molecule has 0 aromatic heterocycles. The summed E-state index contributed by atoms with van der Waals surface area (Å²) in [6, 6.07) is 7.15. The first-order valence-electron chi connectivity index (χ1n) is 14.8. The third-order valence-electron chi connectivity index (χ3n) is 7.96. The van der Waals surface area contributed by atoms with E-state index < -0.39 is 55.3 Å². The van der Waals surface area contributed by atoms with E-state index in [0.717, 1.165) is 0 Å². The van der Waals surface area contributed by atoms with Crippen LogP contribution >= 0.6 is 0 Å². The molecule has 47 heavy (non-hydrogen) atoms. The molecule has 14 nitrogen and oxygen atoms in total. The Balaban J connectivity index is 1.46. The lowest BCUT2D eigenvalue weighted by atomic mass is 9.90. The molecular formula is C33H42O14. The highest BCUT2D eigenvalue weighted by atomic mass is 16.7. The number of aliphatic hydroxyl groups excluding tert-OH is 5. The van der Waals surface area contributed by atoms with Crippen molar-refractivity contribution < 1.29 is 68.2 Å². The molecule has 0 saturated carbocycles. The Morgan fingerprint density at radius 3 is 2.19 bits per heavy atom. The zero-order valence-corrected chi connectivity index (χ0v) is 26.7. The van der Waals surface area contributed by atoms with E-state index in [2.05, 4.69) is 6.58 Å². The number of aliphatic hydroxyl groups is 5. The van der Waals surface area contributed by atoms with Gasteiger partial charge in [-0.25, -0.2) is 4.79 Å². The molecule has 0 unspecified atom stereocenters. The van der Waals surface area contributed by atoms with Crippen molar-refractivity contribution in [3.63, 3.8) is 0 Å². The Bertz CT molecular complexity index is 1400. The fourth-order valence-electron chi connectivity index (χ4n) is 5.45. The molecule has 2 aromatic rings. The molecule has 0 aliphatic carbocycles. The highest BCUT2D eigenvalue weighted by Gasteiger charge is 2.45. The van der Waals surface area contributed by atoms with Gasteiger partial charge in [0.25, 0.3) is 0 Å². The summed E-state index contributed by atoms with van der Waals surface area (Å²) in [6.07, 6.45) is -4.49. The van der Waals surface area contributed by atoms with Gasteiger partial charge in [0.05, 0.1) is 47.6 Å². The number of hydrogen-bond donors (Lipinski definition) is 5. The molecule has 1 saturated heterocycles. The largest absolute Gasteiger partial charge is 0.493 e. The van der Waals surface area contributed by atoms with Crippen LogP contribution in [0.3, 0.4) is 0 Å². The van der Waals surface area contributed by atoms with Gasteiger partial charge in [0.2, 0.25) is 5.75 Å². The van der Waals surface area contributed by atoms with Crippen molar-refractivity contribution >= 4 is 12.0 Å². The maximum absolute atomic E-state index is 12.0. The zero-order chi connectivity index (χ0) is 34.2. The van der Waals surface area contributed by atoms with Gasteiger partial charge in [0.1, 0.15) is 37.1 Å². The number of carbonyl (C=O) groups is 1. The number of carbonyl (C=O) groups excluding carboxylic acids is 1. The van der Waals surface area contributed by atoms with Gasteiger partial charge >= 0.3 is 5.97 Å². The zero-order valence-electron chi connectivity index (χ0n) is 26.7.